The first-order chi connectivity index (χ1) is 9.09. The summed E-state index contributed by atoms with van der Waals surface area (Å²) in [6.45, 7) is 5.35. The van der Waals surface area contributed by atoms with E-state index in [1.807, 2.05) is 4.68 Å². The molecule has 1 heterocycles. The lowest BCUT2D eigenvalue weighted by atomic mass is 9.82. The molecule has 0 atom stereocenters. The SMILES string of the molecule is CC(C)Cn1ncnc1CC1(N)CCCCCCC1. The Balaban J connectivity index is 2.03. The number of hydrogen-bond acceptors (Lipinski definition) is 3. The van der Waals surface area contributed by atoms with Crippen LogP contribution < -0.4 is 5.73 Å². The molecule has 0 aliphatic heterocycles. The highest BCUT2D eigenvalue weighted by atomic mass is 15.3. The van der Waals surface area contributed by atoms with Crippen molar-refractivity contribution in [2.75, 3.05) is 0 Å². The van der Waals surface area contributed by atoms with Crippen molar-refractivity contribution in [3.8, 4) is 0 Å². The molecule has 0 aromatic carbocycles. The van der Waals surface area contributed by atoms with Crippen molar-refractivity contribution in [1.82, 2.24) is 14.8 Å². The van der Waals surface area contributed by atoms with E-state index < -0.39 is 0 Å². The molecule has 0 saturated heterocycles. The number of aromatic nitrogens is 3. The van der Waals surface area contributed by atoms with Crippen molar-refractivity contribution in [2.24, 2.45) is 11.7 Å². The van der Waals surface area contributed by atoms with E-state index >= 15 is 0 Å². The van der Waals surface area contributed by atoms with Crippen LogP contribution in [0.5, 0.6) is 0 Å². The summed E-state index contributed by atoms with van der Waals surface area (Å²) in [6, 6.07) is 0. The number of nitrogens with zero attached hydrogens (tertiary/aromatic N) is 3. The molecule has 4 nitrogen and oxygen atoms in total. The van der Waals surface area contributed by atoms with Crippen molar-refractivity contribution in [3.05, 3.63) is 12.2 Å². The topological polar surface area (TPSA) is 56.7 Å². The van der Waals surface area contributed by atoms with Gasteiger partial charge in [0.05, 0.1) is 0 Å². The maximum absolute atomic E-state index is 6.64. The van der Waals surface area contributed by atoms with E-state index in [2.05, 4.69) is 23.9 Å². The molecule has 1 saturated carbocycles. The van der Waals surface area contributed by atoms with Gasteiger partial charge in [-0.1, -0.05) is 46.0 Å². The number of nitrogens with two attached hydrogens (primary N) is 1. The first kappa shape index (κ1) is 14.5. The summed E-state index contributed by atoms with van der Waals surface area (Å²) < 4.78 is 2.04. The van der Waals surface area contributed by atoms with Gasteiger partial charge in [-0.25, -0.2) is 9.67 Å². The Morgan fingerprint density at radius 2 is 1.84 bits per heavy atom. The van der Waals surface area contributed by atoms with Crippen molar-refractivity contribution in [2.45, 2.75) is 77.3 Å². The highest BCUT2D eigenvalue weighted by Gasteiger charge is 2.27. The van der Waals surface area contributed by atoms with Crippen LogP contribution in [0.3, 0.4) is 0 Å². The average Bonchev–Trinajstić information content (AvgIpc) is 2.71. The fourth-order valence-electron chi connectivity index (χ4n) is 3.02. The Kier molecular flexibility index (Phi) is 4.97. The van der Waals surface area contributed by atoms with Crippen molar-refractivity contribution in [3.63, 3.8) is 0 Å². The molecule has 2 rings (SSSR count). The van der Waals surface area contributed by atoms with E-state index in [0.29, 0.717) is 5.92 Å². The second-order valence-electron chi connectivity index (χ2n) is 6.56. The molecular weight excluding hydrogens is 236 g/mol. The van der Waals surface area contributed by atoms with Crippen molar-refractivity contribution < 1.29 is 0 Å². The van der Waals surface area contributed by atoms with E-state index in [1.165, 1.54) is 32.1 Å². The van der Waals surface area contributed by atoms with Gasteiger partial charge in [0, 0.05) is 18.5 Å². The summed E-state index contributed by atoms with van der Waals surface area (Å²) in [5.74, 6) is 1.66. The van der Waals surface area contributed by atoms with Gasteiger partial charge in [-0.05, 0) is 18.8 Å². The molecule has 0 spiro atoms. The molecular formula is C15H28N4. The molecule has 2 N–H and O–H groups in total. The summed E-state index contributed by atoms with van der Waals surface area (Å²) in [5.41, 5.74) is 6.57. The summed E-state index contributed by atoms with van der Waals surface area (Å²) in [5, 5.41) is 4.34. The molecule has 0 amide bonds. The number of rotatable bonds is 4. The van der Waals surface area contributed by atoms with E-state index in [-0.39, 0.29) is 5.54 Å². The highest BCUT2D eigenvalue weighted by Crippen LogP contribution is 2.27. The first-order valence-electron chi connectivity index (χ1n) is 7.75. The summed E-state index contributed by atoms with van der Waals surface area (Å²) in [4.78, 5) is 4.43. The smallest absolute Gasteiger partial charge is 0.138 e. The molecule has 1 aliphatic carbocycles. The quantitative estimate of drug-likeness (QED) is 0.909. The predicted molar refractivity (Wildman–Crippen MR) is 77.8 cm³/mol. The molecule has 4 heteroatoms. The normalized spacial score (nSPS) is 20.2. The molecule has 0 bridgehead atoms. The Hall–Kier alpha value is -0.900. The minimum absolute atomic E-state index is 0.0673. The lowest BCUT2D eigenvalue weighted by Gasteiger charge is -2.31. The average molecular weight is 264 g/mol. The first-order valence-corrected chi connectivity index (χ1v) is 7.75. The third kappa shape index (κ3) is 4.30. The largest absolute Gasteiger partial charge is 0.325 e. The third-order valence-corrected chi connectivity index (χ3v) is 4.09. The molecule has 0 radical (unpaired) electrons. The minimum atomic E-state index is -0.0673. The van der Waals surface area contributed by atoms with Gasteiger partial charge in [-0.3, -0.25) is 0 Å². The van der Waals surface area contributed by atoms with Gasteiger partial charge in [-0.15, -0.1) is 0 Å². The van der Waals surface area contributed by atoms with Gasteiger partial charge in [0.1, 0.15) is 12.2 Å². The minimum Gasteiger partial charge on any atom is -0.325 e. The van der Waals surface area contributed by atoms with E-state index in [1.54, 1.807) is 6.33 Å². The van der Waals surface area contributed by atoms with Gasteiger partial charge >= 0.3 is 0 Å². The fraction of sp³-hybridized carbons (Fsp3) is 0.867. The maximum atomic E-state index is 6.64. The van der Waals surface area contributed by atoms with Gasteiger partial charge in [0.25, 0.3) is 0 Å². The van der Waals surface area contributed by atoms with Gasteiger partial charge in [-0.2, -0.15) is 5.10 Å². The van der Waals surface area contributed by atoms with Gasteiger partial charge < -0.3 is 5.73 Å². The Morgan fingerprint density at radius 1 is 1.21 bits per heavy atom. The van der Waals surface area contributed by atoms with E-state index in [4.69, 9.17) is 5.73 Å². The van der Waals surface area contributed by atoms with Crippen molar-refractivity contribution >= 4 is 0 Å². The molecule has 1 aliphatic rings. The molecule has 0 unspecified atom stereocenters. The van der Waals surface area contributed by atoms with Crippen LogP contribution >= 0.6 is 0 Å². The second-order valence-corrected chi connectivity index (χ2v) is 6.56. The van der Waals surface area contributed by atoms with Crippen LogP contribution in [-0.4, -0.2) is 20.3 Å². The molecule has 108 valence electrons. The second kappa shape index (κ2) is 6.51. The number of hydrogen-bond donors (Lipinski definition) is 1. The van der Waals surface area contributed by atoms with Crippen LogP contribution in [0.15, 0.2) is 6.33 Å². The zero-order chi connectivity index (χ0) is 13.7. The lowest BCUT2D eigenvalue weighted by Crippen LogP contribution is -2.43. The monoisotopic (exact) mass is 264 g/mol. The Labute approximate surface area is 116 Å². The van der Waals surface area contributed by atoms with Crippen LogP contribution in [-0.2, 0) is 13.0 Å². The van der Waals surface area contributed by atoms with Crippen LogP contribution in [0, 0.1) is 5.92 Å². The van der Waals surface area contributed by atoms with Crippen LogP contribution in [0.1, 0.15) is 64.6 Å². The summed E-state index contributed by atoms with van der Waals surface area (Å²) in [6.07, 6.45) is 11.4. The van der Waals surface area contributed by atoms with Gasteiger partial charge in [0.2, 0.25) is 0 Å². The summed E-state index contributed by atoms with van der Waals surface area (Å²) >= 11 is 0. The zero-order valence-electron chi connectivity index (χ0n) is 12.4. The van der Waals surface area contributed by atoms with Crippen LogP contribution in [0.25, 0.3) is 0 Å². The van der Waals surface area contributed by atoms with Crippen molar-refractivity contribution in [1.29, 1.82) is 0 Å². The van der Waals surface area contributed by atoms with Crippen LogP contribution in [0.2, 0.25) is 0 Å². The van der Waals surface area contributed by atoms with Gasteiger partial charge in [0.15, 0.2) is 0 Å². The van der Waals surface area contributed by atoms with Crippen LogP contribution in [0.4, 0.5) is 0 Å². The van der Waals surface area contributed by atoms with E-state index in [9.17, 15) is 0 Å². The molecule has 1 fully saturated rings. The lowest BCUT2D eigenvalue weighted by molar-refractivity contribution is 0.302. The Bertz CT molecular complexity index is 375. The standard InChI is InChI=1S/C15H28N4/c1-13(2)11-19-14(17-12-18-19)10-15(16)8-6-4-3-5-7-9-15/h12-13H,3-11,16H2,1-2H3. The maximum Gasteiger partial charge on any atom is 0.138 e. The summed E-state index contributed by atoms with van der Waals surface area (Å²) in [7, 11) is 0. The fourth-order valence-corrected chi connectivity index (χ4v) is 3.02. The highest BCUT2D eigenvalue weighted by molar-refractivity contribution is 4.98. The molecule has 19 heavy (non-hydrogen) atoms. The zero-order valence-corrected chi connectivity index (χ0v) is 12.4. The molecule has 1 aromatic heterocycles. The molecule has 1 aromatic rings. The Morgan fingerprint density at radius 3 is 2.47 bits per heavy atom. The van der Waals surface area contributed by atoms with E-state index in [0.717, 1.165) is 31.6 Å². The third-order valence-electron chi connectivity index (χ3n) is 4.09. The predicted octanol–water partition coefficient (Wildman–Crippen LogP) is 2.92.